The average molecular weight is 217 g/mol. The lowest BCUT2D eigenvalue weighted by molar-refractivity contribution is 0.111. The van der Waals surface area contributed by atoms with Crippen LogP contribution in [-0.4, -0.2) is 20.8 Å². The molecular formula is C11H11N3O2. The molecule has 5 heteroatoms. The van der Waals surface area contributed by atoms with E-state index in [0.717, 1.165) is 5.69 Å². The maximum absolute atomic E-state index is 10.4. The highest BCUT2D eigenvalue weighted by Gasteiger charge is 2.00. The van der Waals surface area contributed by atoms with Crippen molar-refractivity contribution in [2.45, 2.75) is 6.61 Å². The number of ether oxygens (including phenoxy) is 1. The van der Waals surface area contributed by atoms with E-state index in [1.54, 1.807) is 24.7 Å². The van der Waals surface area contributed by atoms with Gasteiger partial charge in [0.1, 0.15) is 18.1 Å². The van der Waals surface area contributed by atoms with Gasteiger partial charge in [-0.2, -0.15) is 0 Å². The van der Waals surface area contributed by atoms with Gasteiger partial charge in [0.2, 0.25) is 0 Å². The minimum Gasteiger partial charge on any atom is -0.486 e. The van der Waals surface area contributed by atoms with Crippen molar-refractivity contribution in [3.8, 4) is 5.75 Å². The van der Waals surface area contributed by atoms with Crippen LogP contribution >= 0.6 is 0 Å². The zero-order chi connectivity index (χ0) is 11.4. The van der Waals surface area contributed by atoms with E-state index < -0.39 is 0 Å². The minimum absolute atomic E-state index is 0.396. The van der Waals surface area contributed by atoms with Crippen molar-refractivity contribution in [2.75, 3.05) is 0 Å². The second-order valence-electron chi connectivity index (χ2n) is 3.32. The number of aldehydes is 1. The van der Waals surface area contributed by atoms with Gasteiger partial charge < -0.3 is 9.30 Å². The molecule has 0 saturated carbocycles. The summed E-state index contributed by atoms with van der Waals surface area (Å²) in [5, 5.41) is 0. The van der Waals surface area contributed by atoms with Gasteiger partial charge in [0.25, 0.3) is 0 Å². The van der Waals surface area contributed by atoms with E-state index in [2.05, 4.69) is 9.97 Å². The van der Waals surface area contributed by atoms with Gasteiger partial charge in [-0.05, 0) is 12.1 Å². The van der Waals surface area contributed by atoms with Crippen LogP contribution in [0.5, 0.6) is 5.75 Å². The van der Waals surface area contributed by atoms with Crippen LogP contribution in [0.15, 0.2) is 30.9 Å². The molecule has 0 bridgehead atoms. The Balaban J connectivity index is 1.99. The molecule has 0 atom stereocenters. The lowest BCUT2D eigenvalue weighted by Gasteiger charge is -2.05. The molecule has 0 aliphatic rings. The number of rotatable bonds is 4. The van der Waals surface area contributed by atoms with Crippen molar-refractivity contribution in [3.63, 3.8) is 0 Å². The van der Waals surface area contributed by atoms with Gasteiger partial charge in [0, 0.05) is 7.05 Å². The molecule has 2 aromatic rings. The van der Waals surface area contributed by atoms with Gasteiger partial charge in [-0.1, -0.05) is 0 Å². The summed E-state index contributed by atoms with van der Waals surface area (Å²) in [5.74, 6) is 0.631. The first-order valence-corrected chi connectivity index (χ1v) is 4.79. The summed E-state index contributed by atoms with van der Waals surface area (Å²) >= 11 is 0. The monoisotopic (exact) mass is 217 g/mol. The summed E-state index contributed by atoms with van der Waals surface area (Å²) in [6.07, 6.45) is 5.69. The maximum Gasteiger partial charge on any atom is 0.168 e. The Morgan fingerprint density at radius 2 is 2.31 bits per heavy atom. The van der Waals surface area contributed by atoms with Crippen molar-refractivity contribution in [1.82, 2.24) is 14.5 Å². The first-order chi connectivity index (χ1) is 7.79. The summed E-state index contributed by atoms with van der Waals surface area (Å²) < 4.78 is 7.37. The van der Waals surface area contributed by atoms with Crippen LogP contribution < -0.4 is 4.74 Å². The number of nitrogens with zero attached hydrogens (tertiary/aromatic N) is 3. The molecule has 0 spiro atoms. The van der Waals surface area contributed by atoms with Crippen LogP contribution in [0, 0.1) is 0 Å². The normalized spacial score (nSPS) is 10.1. The Morgan fingerprint density at radius 1 is 1.44 bits per heavy atom. The van der Waals surface area contributed by atoms with Gasteiger partial charge >= 0.3 is 0 Å². The SMILES string of the molecule is Cn1cncc1COc1ccc(C=O)nc1. The van der Waals surface area contributed by atoms with E-state index >= 15 is 0 Å². The molecule has 0 fully saturated rings. The third-order valence-corrected chi connectivity index (χ3v) is 2.18. The van der Waals surface area contributed by atoms with Crippen molar-refractivity contribution in [3.05, 3.63) is 42.2 Å². The number of hydrogen-bond donors (Lipinski definition) is 0. The molecule has 2 heterocycles. The highest BCUT2D eigenvalue weighted by Crippen LogP contribution is 2.10. The lowest BCUT2D eigenvalue weighted by Crippen LogP contribution is -2.01. The molecule has 0 saturated heterocycles. The van der Waals surface area contributed by atoms with Crippen molar-refractivity contribution in [1.29, 1.82) is 0 Å². The Morgan fingerprint density at radius 3 is 2.88 bits per heavy atom. The predicted molar refractivity (Wildman–Crippen MR) is 57.2 cm³/mol. The number of carbonyl (C=O) groups is 1. The molecule has 82 valence electrons. The zero-order valence-corrected chi connectivity index (χ0v) is 8.83. The number of pyridine rings is 1. The fraction of sp³-hybridized carbons (Fsp3) is 0.182. The van der Waals surface area contributed by atoms with Crippen molar-refractivity contribution >= 4 is 6.29 Å². The third kappa shape index (κ3) is 2.25. The van der Waals surface area contributed by atoms with Crippen LogP contribution in [-0.2, 0) is 13.7 Å². The number of aromatic nitrogens is 3. The lowest BCUT2D eigenvalue weighted by atomic mass is 10.3. The zero-order valence-electron chi connectivity index (χ0n) is 8.83. The van der Waals surface area contributed by atoms with Gasteiger partial charge in [0.05, 0.1) is 24.4 Å². The van der Waals surface area contributed by atoms with E-state index in [1.807, 2.05) is 11.6 Å². The number of hydrogen-bond acceptors (Lipinski definition) is 4. The van der Waals surface area contributed by atoms with E-state index in [4.69, 9.17) is 4.74 Å². The molecule has 0 aliphatic heterocycles. The summed E-state index contributed by atoms with van der Waals surface area (Å²) in [5.41, 5.74) is 1.37. The standard InChI is InChI=1S/C11H11N3O2/c1-14-8-12-4-10(14)7-16-11-3-2-9(6-15)13-5-11/h2-6,8H,7H2,1H3. The van der Waals surface area contributed by atoms with Gasteiger partial charge in [0.15, 0.2) is 6.29 Å². The van der Waals surface area contributed by atoms with Gasteiger partial charge in [-0.25, -0.2) is 9.97 Å². The molecule has 0 N–H and O–H groups in total. The number of imidazole rings is 1. The first-order valence-electron chi connectivity index (χ1n) is 4.79. The molecule has 0 unspecified atom stereocenters. The van der Waals surface area contributed by atoms with Crippen molar-refractivity contribution < 1.29 is 9.53 Å². The molecular weight excluding hydrogens is 206 g/mol. The molecule has 16 heavy (non-hydrogen) atoms. The Labute approximate surface area is 92.7 Å². The second kappa shape index (κ2) is 4.57. The quantitative estimate of drug-likeness (QED) is 0.722. The van der Waals surface area contributed by atoms with E-state index in [0.29, 0.717) is 24.3 Å². The van der Waals surface area contributed by atoms with Crippen molar-refractivity contribution in [2.24, 2.45) is 7.05 Å². The molecule has 2 aromatic heterocycles. The smallest absolute Gasteiger partial charge is 0.168 e. The van der Waals surface area contributed by atoms with Crippen LogP contribution in [0.1, 0.15) is 16.2 Å². The highest BCUT2D eigenvalue weighted by atomic mass is 16.5. The summed E-state index contributed by atoms with van der Waals surface area (Å²) in [4.78, 5) is 18.3. The molecule has 0 aromatic carbocycles. The van der Waals surface area contributed by atoms with E-state index in [-0.39, 0.29) is 0 Å². The minimum atomic E-state index is 0.396. The first kappa shape index (κ1) is 10.4. The fourth-order valence-electron chi connectivity index (χ4n) is 1.23. The number of carbonyl (C=O) groups excluding carboxylic acids is 1. The summed E-state index contributed by atoms with van der Waals surface area (Å²) in [6.45, 7) is 0.429. The highest BCUT2D eigenvalue weighted by molar-refractivity contribution is 5.71. The van der Waals surface area contributed by atoms with Crippen LogP contribution in [0.3, 0.4) is 0 Å². The molecule has 0 radical (unpaired) electrons. The van der Waals surface area contributed by atoms with Gasteiger partial charge in [-0.3, -0.25) is 4.79 Å². The molecule has 5 nitrogen and oxygen atoms in total. The maximum atomic E-state index is 10.4. The third-order valence-electron chi connectivity index (χ3n) is 2.18. The average Bonchev–Trinajstić information content (AvgIpc) is 2.73. The van der Waals surface area contributed by atoms with Gasteiger partial charge in [-0.15, -0.1) is 0 Å². The summed E-state index contributed by atoms with van der Waals surface area (Å²) in [6, 6.07) is 3.33. The van der Waals surface area contributed by atoms with E-state index in [9.17, 15) is 4.79 Å². The molecule has 0 aliphatic carbocycles. The van der Waals surface area contributed by atoms with E-state index in [1.165, 1.54) is 6.20 Å². The molecule has 0 amide bonds. The van der Waals surface area contributed by atoms with Crippen LogP contribution in [0.4, 0.5) is 0 Å². The molecule has 2 rings (SSSR count). The fourth-order valence-corrected chi connectivity index (χ4v) is 1.23. The van der Waals surface area contributed by atoms with Crippen LogP contribution in [0.25, 0.3) is 0 Å². The Bertz CT molecular complexity index is 476. The second-order valence-corrected chi connectivity index (χ2v) is 3.32. The largest absolute Gasteiger partial charge is 0.486 e. The topological polar surface area (TPSA) is 57.0 Å². The Kier molecular flexibility index (Phi) is 2.95. The van der Waals surface area contributed by atoms with Crippen LogP contribution in [0.2, 0.25) is 0 Å². The Hall–Kier alpha value is -2.17. The number of aryl methyl sites for hydroxylation is 1. The predicted octanol–water partition coefficient (Wildman–Crippen LogP) is 1.21. The summed E-state index contributed by atoms with van der Waals surface area (Å²) in [7, 11) is 1.90.